The van der Waals surface area contributed by atoms with Crippen LogP contribution in [0.25, 0.3) is 17.2 Å². The summed E-state index contributed by atoms with van der Waals surface area (Å²) >= 11 is 0. The number of hydrogen-bond donors (Lipinski definition) is 1. The number of hydrogen-bond acceptors (Lipinski definition) is 6. The largest absolute Gasteiger partial charge is 0.334 e. The minimum Gasteiger partial charge on any atom is -0.334 e. The van der Waals surface area contributed by atoms with Crippen LogP contribution in [0.1, 0.15) is 54.7 Å². The minimum absolute atomic E-state index is 0.159. The molecule has 1 atom stereocenters. The van der Waals surface area contributed by atoms with Crippen LogP contribution in [0.3, 0.4) is 0 Å². The Balaban J connectivity index is 1.64. The molecular weight excluding hydrogens is 468 g/mol. The molecule has 4 aromatic rings. The van der Waals surface area contributed by atoms with E-state index in [0.717, 1.165) is 42.4 Å². The van der Waals surface area contributed by atoms with Crippen LogP contribution in [-0.2, 0) is 24.9 Å². The number of aromatic nitrogens is 7. The van der Waals surface area contributed by atoms with Crippen molar-refractivity contribution in [1.29, 1.82) is 0 Å². The smallest absolute Gasteiger partial charge is 0.334 e. The Hall–Kier alpha value is -4.34. The molecule has 37 heavy (non-hydrogen) atoms. The highest BCUT2D eigenvalue weighted by atomic mass is 16.2. The van der Waals surface area contributed by atoms with Crippen molar-refractivity contribution in [2.24, 2.45) is 4.99 Å². The van der Waals surface area contributed by atoms with Crippen LogP contribution in [0.4, 0.5) is 0 Å². The standard InChI is InChI=1S/C27H30N8O2/c1-3-5-9-23-17-34(25-21(18-36)10-15-33(25)4-2)26(37)35(23)19-27(11-13-28-14-12-27)22-8-6-7-20(16-22)24-29-31-32-30-24/h6-8,10-11,13-18H,3-5,9,12,19H2,1-2H3,(H,29,30,31,32). The first-order valence-corrected chi connectivity index (χ1v) is 12.6. The predicted octanol–water partition coefficient (Wildman–Crippen LogP) is 3.72. The summed E-state index contributed by atoms with van der Waals surface area (Å²) in [6.45, 7) is 5.22. The third-order valence-corrected chi connectivity index (χ3v) is 7.05. The van der Waals surface area contributed by atoms with E-state index in [2.05, 4.69) is 50.7 Å². The van der Waals surface area contributed by atoms with Crippen molar-refractivity contribution in [3.05, 3.63) is 82.3 Å². The molecule has 1 aromatic carbocycles. The fraction of sp³-hybridized carbons (Fsp3) is 0.333. The predicted molar refractivity (Wildman–Crippen MR) is 141 cm³/mol. The van der Waals surface area contributed by atoms with E-state index in [1.54, 1.807) is 16.8 Å². The Kier molecular flexibility index (Phi) is 6.80. The van der Waals surface area contributed by atoms with Crippen molar-refractivity contribution in [3.8, 4) is 17.2 Å². The zero-order valence-corrected chi connectivity index (χ0v) is 21.0. The third-order valence-electron chi connectivity index (χ3n) is 7.05. The van der Waals surface area contributed by atoms with Crippen LogP contribution in [0.2, 0.25) is 0 Å². The number of allylic oxidation sites excluding steroid dienone is 1. The average molecular weight is 499 g/mol. The summed E-state index contributed by atoms with van der Waals surface area (Å²) in [6.07, 6.45) is 13.7. The molecule has 0 spiro atoms. The number of aldehydes is 1. The normalized spacial score (nSPS) is 16.9. The van der Waals surface area contributed by atoms with Gasteiger partial charge >= 0.3 is 5.69 Å². The van der Waals surface area contributed by atoms with Gasteiger partial charge in [-0.05, 0) is 54.3 Å². The van der Waals surface area contributed by atoms with Gasteiger partial charge in [-0.3, -0.25) is 18.9 Å². The summed E-state index contributed by atoms with van der Waals surface area (Å²) in [5.74, 6) is 1.19. The lowest BCUT2D eigenvalue weighted by Gasteiger charge is -2.32. The van der Waals surface area contributed by atoms with Crippen molar-refractivity contribution < 1.29 is 4.79 Å². The molecule has 0 aliphatic carbocycles. The number of benzene rings is 1. The number of unbranched alkanes of at least 4 members (excludes halogenated alkanes) is 1. The first-order valence-electron chi connectivity index (χ1n) is 12.6. The van der Waals surface area contributed by atoms with Gasteiger partial charge in [0.15, 0.2) is 12.1 Å². The second-order valence-corrected chi connectivity index (χ2v) is 9.30. The number of rotatable bonds is 10. The molecule has 3 aromatic heterocycles. The van der Waals surface area contributed by atoms with Gasteiger partial charge in [-0.25, -0.2) is 9.89 Å². The Morgan fingerprint density at radius 3 is 2.81 bits per heavy atom. The molecule has 10 nitrogen and oxygen atoms in total. The minimum atomic E-state index is -0.498. The van der Waals surface area contributed by atoms with Crippen molar-refractivity contribution in [1.82, 2.24) is 34.3 Å². The molecule has 190 valence electrons. The molecule has 0 saturated carbocycles. The molecule has 4 heterocycles. The van der Waals surface area contributed by atoms with E-state index in [4.69, 9.17) is 0 Å². The number of H-pyrrole nitrogens is 1. The summed E-state index contributed by atoms with van der Waals surface area (Å²) in [6, 6.07) is 9.82. The lowest BCUT2D eigenvalue weighted by molar-refractivity contribution is 0.112. The van der Waals surface area contributed by atoms with Crippen LogP contribution in [0.5, 0.6) is 0 Å². The van der Waals surface area contributed by atoms with Crippen LogP contribution in [-0.4, -0.2) is 46.8 Å². The molecule has 1 aliphatic rings. The number of aromatic amines is 1. The Morgan fingerprint density at radius 2 is 2.11 bits per heavy atom. The maximum atomic E-state index is 14.0. The summed E-state index contributed by atoms with van der Waals surface area (Å²) < 4.78 is 5.42. The maximum absolute atomic E-state index is 14.0. The van der Waals surface area contributed by atoms with Crippen molar-refractivity contribution in [3.63, 3.8) is 0 Å². The topological polar surface area (TPSA) is 116 Å². The monoisotopic (exact) mass is 498 g/mol. The lowest BCUT2D eigenvalue weighted by atomic mass is 9.76. The molecule has 5 rings (SSSR count). The number of imidazole rings is 1. The molecule has 0 radical (unpaired) electrons. The molecule has 1 aliphatic heterocycles. The summed E-state index contributed by atoms with van der Waals surface area (Å²) in [5.41, 5.74) is 2.69. The molecule has 1 N–H and O–H groups in total. The molecule has 0 saturated heterocycles. The van der Waals surface area contributed by atoms with E-state index in [1.165, 1.54) is 0 Å². The second-order valence-electron chi connectivity index (χ2n) is 9.30. The fourth-order valence-electron chi connectivity index (χ4n) is 5.00. The summed E-state index contributed by atoms with van der Waals surface area (Å²) in [5, 5.41) is 14.3. The molecule has 0 bridgehead atoms. The first kappa shape index (κ1) is 24.4. The zero-order valence-electron chi connectivity index (χ0n) is 21.0. The van der Waals surface area contributed by atoms with Crippen LogP contribution >= 0.6 is 0 Å². The number of aryl methyl sites for hydroxylation is 2. The highest BCUT2D eigenvalue weighted by molar-refractivity contribution is 5.80. The Bertz CT molecular complexity index is 1510. The van der Waals surface area contributed by atoms with Crippen LogP contribution in [0, 0.1) is 0 Å². The van der Waals surface area contributed by atoms with Crippen molar-refractivity contribution >= 4 is 12.5 Å². The van der Waals surface area contributed by atoms with E-state index >= 15 is 0 Å². The van der Waals surface area contributed by atoms with Gasteiger partial charge in [-0.1, -0.05) is 37.6 Å². The molecular formula is C27H30N8O2. The first-order chi connectivity index (χ1) is 18.1. The summed E-state index contributed by atoms with van der Waals surface area (Å²) in [4.78, 5) is 30.1. The number of tetrazole rings is 1. The Labute approximate surface area is 214 Å². The van der Waals surface area contributed by atoms with Gasteiger partial charge in [0.25, 0.3) is 0 Å². The van der Waals surface area contributed by atoms with Gasteiger partial charge < -0.3 is 4.57 Å². The quantitative estimate of drug-likeness (QED) is 0.335. The molecule has 10 heteroatoms. The zero-order chi connectivity index (χ0) is 25.8. The highest BCUT2D eigenvalue weighted by Crippen LogP contribution is 2.35. The number of aliphatic imine (C=N–C) groups is 1. The van der Waals surface area contributed by atoms with Crippen molar-refractivity contribution in [2.45, 2.75) is 58.0 Å². The average Bonchev–Trinajstić information content (AvgIpc) is 3.68. The second kappa shape index (κ2) is 10.3. The number of nitrogens with one attached hydrogen (secondary N) is 1. The van der Waals surface area contributed by atoms with E-state index in [0.29, 0.717) is 36.7 Å². The molecule has 0 fully saturated rings. The van der Waals surface area contributed by atoms with Gasteiger partial charge in [0, 0.05) is 54.6 Å². The molecule has 1 unspecified atom stereocenters. The van der Waals surface area contributed by atoms with Gasteiger partial charge in [-0.2, -0.15) is 0 Å². The highest BCUT2D eigenvalue weighted by Gasteiger charge is 2.33. The van der Waals surface area contributed by atoms with Gasteiger partial charge in [0.1, 0.15) is 5.82 Å². The lowest BCUT2D eigenvalue weighted by Crippen LogP contribution is -2.37. The van der Waals surface area contributed by atoms with E-state index in [-0.39, 0.29) is 5.69 Å². The van der Waals surface area contributed by atoms with Gasteiger partial charge in [-0.15, -0.1) is 5.10 Å². The maximum Gasteiger partial charge on any atom is 0.334 e. The Morgan fingerprint density at radius 1 is 1.22 bits per heavy atom. The summed E-state index contributed by atoms with van der Waals surface area (Å²) in [7, 11) is 0. The SMILES string of the molecule is CCCCc1cn(-c2c(C=O)ccn2CC)c(=O)n1CC1(c2cccc(-c3nnn[nH]3)c2)C=CN=CC1. The molecule has 0 amide bonds. The number of nitrogens with zero attached hydrogens (tertiary/aromatic N) is 7. The van der Waals surface area contributed by atoms with Crippen LogP contribution < -0.4 is 5.69 Å². The van der Waals surface area contributed by atoms with Gasteiger partial charge in [0.2, 0.25) is 0 Å². The fourth-order valence-corrected chi connectivity index (χ4v) is 5.00. The van der Waals surface area contributed by atoms with E-state index in [1.807, 2.05) is 46.8 Å². The van der Waals surface area contributed by atoms with E-state index < -0.39 is 5.41 Å². The third kappa shape index (κ3) is 4.50. The van der Waals surface area contributed by atoms with Crippen LogP contribution in [0.15, 0.2) is 64.8 Å². The van der Waals surface area contributed by atoms with Gasteiger partial charge in [0.05, 0.1) is 5.56 Å². The number of carbonyl (C=O) groups excluding carboxylic acids is 1. The number of carbonyl (C=O) groups is 1. The van der Waals surface area contributed by atoms with Crippen molar-refractivity contribution in [2.75, 3.05) is 0 Å². The van der Waals surface area contributed by atoms with E-state index in [9.17, 15) is 9.59 Å².